The van der Waals surface area contributed by atoms with Gasteiger partial charge in [0.25, 0.3) is 0 Å². The van der Waals surface area contributed by atoms with E-state index in [-0.39, 0.29) is 5.58 Å². The van der Waals surface area contributed by atoms with Crippen LogP contribution in [0.1, 0.15) is 42.0 Å². The number of benzene rings is 2. The first-order chi connectivity index (χ1) is 13.2. The van der Waals surface area contributed by atoms with Crippen molar-refractivity contribution in [1.29, 1.82) is 0 Å². The molecule has 2 aromatic carbocycles. The summed E-state index contributed by atoms with van der Waals surface area (Å²) in [5.41, 5.74) is 7.18. The second-order valence-electron chi connectivity index (χ2n) is 8.01. The van der Waals surface area contributed by atoms with Gasteiger partial charge in [-0.25, -0.2) is 13.3 Å². The van der Waals surface area contributed by atoms with E-state index in [4.69, 9.17) is 4.42 Å². The van der Waals surface area contributed by atoms with Crippen molar-refractivity contribution in [1.82, 2.24) is 0 Å². The first-order valence-electron chi connectivity index (χ1n) is 9.51. The molecule has 4 aromatic rings. The largest absolute Gasteiger partial charge is 0.455 e. The molecule has 4 rings (SSSR count). The molecule has 0 radical (unpaired) electrons. The molecule has 0 aliphatic heterocycles. The minimum Gasteiger partial charge on any atom is -0.455 e. The minimum atomic E-state index is -0.636. The lowest BCUT2D eigenvalue weighted by Gasteiger charge is -2.12. The van der Waals surface area contributed by atoms with E-state index in [1.807, 2.05) is 27.0 Å². The van der Waals surface area contributed by atoms with Gasteiger partial charge in [0.05, 0.1) is 10.9 Å². The molecule has 144 valence electrons. The van der Waals surface area contributed by atoms with Crippen LogP contribution < -0.4 is 4.57 Å². The van der Waals surface area contributed by atoms with Gasteiger partial charge in [0, 0.05) is 29.1 Å². The first-order valence-corrected chi connectivity index (χ1v) is 9.51. The maximum Gasteiger partial charge on any atom is 0.216 e. The second kappa shape index (κ2) is 6.40. The average Bonchev–Trinajstić information content (AvgIpc) is 2.96. The third-order valence-corrected chi connectivity index (χ3v) is 5.56. The van der Waals surface area contributed by atoms with Gasteiger partial charge in [0.15, 0.2) is 6.20 Å². The molecular weight excluding hydrogens is 356 g/mol. The fraction of sp³-hybridized carbons (Fsp3) is 0.292. The highest BCUT2D eigenvalue weighted by Gasteiger charge is 2.25. The Balaban J connectivity index is 2.14. The van der Waals surface area contributed by atoms with Crippen molar-refractivity contribution in [3.05, 3.63) is 64.4 Å². The quantitative estimate of drug-likeness (QED) is 0.368. The fourth-order valence-electron chi connectivity index (χ4n) is 4.29. The van der Waals surface area contributed by atoms with E-state index in [0.717, 1.165) is 28.5 Å². The number of pyridine rings is 1. The molecular formula is C24H24F2NO+. The summed E-state index contributed by atoms with van der Waals surface area (Å²) in [5, 5.41) is 1.05. The number of halogens is 2. The Labute approximate surface area is 163 Å². The zero-order valence-electron chi connectivity index (χ0n) is 17.1. The summed E-state index contributed by atoms with van der Waals surface area (Å²) in [4.78, 5) is 0. The normalized spacial score (nSPS) is 11.9. The summed E-state index contributed by atoms with van der Waals surface area (Å²) >= 11 is 0. The van der Waals surface area contributed by atoms with Crippen LogP contribution in [0.5, 0.6) is 0 Å². The van der Waals surface area contributed by atoms with Crippen molar-refractivity contribution in [2.24, 2.45) is 7.05 Å². The zero-order chi connectivity index (χ0) is 20.3. The summed E-state index contributed by atoms with van der Waals surface area (Å²) in [7, 11) is 2.01. The van der Waals surface area contributed by atoms with E-state index in [9.17, 15) is 8.78 Å². The Bertz CT molecular complexity index is 1250. The summed E-state index contributed by atoms with van der Waals surface area (Å²) in [6.45, 7) is 10.4. The van der Waals surface area contributed by atoms with Crippen LogP contribution >= 0.6 is 0 Å². The molecule has 0 atom stereocenters. The average molecular weight is 380 g/mol. The number of nitrogens with zero attached hydrogens (tertiary/aromatic N) is 1. The molecule has 0 spiro atoms. The number of aryl methyl sites for hydroxylation is 4. The van der Waals surface area contributed by atoms with Gasteiger partial charge in [-0.15, -0.1) is 0 Å². The molecule has 0 unspecified atom stereocenters. The highest BCUT2D eigenvalue weighted by atomic mass is 19.1. The van der Waals surface area contributed by atoms with Gasteiger partial charge in [-0.3, -0.25) is 0 Å². The van der Waals surface area contributed by atoms with Crippen LogP contribution in [0.25, 0.3) is 33.2 Å². The van der Waals surface area contributed by atoms with Crippen LogP contribution in [0.4, 0.5) is 8.78 Å². The van der Waals surface area contributed by atoms with Crippen molar-refractivity contribution in [3.63, 3.8) is 0 Å². The van der Waals surface area contributed by atoms with Crippen LogP contribution in [0.15, 0.2) is 34.9 Å². The number of fused-ring (bicyclic) bond motifs is 3. The van der Waals surface area contributed by atoms with Crippen LogP contribution in [-0.4, -0.2) is 0 Å². The Hall–Kier alpha value is -2.75. The number of hydrogen-bond acceptors (Lipinski definition) is 1. The van der Waals surface area contributed by atoms with Gasteiger partial charge in [-0.05, 0) is 43.4 Å². The molecule has 2 nitrogen and oxygen atoms in total. The van der Waals surface area contributed by atoms with Crippen LogP contribution in [0, 0.1) is 32.4 Å². The van der Waals surface area contributed by atoms with Crippen LogP contribution in [0.2, 0.25) is 0 Å². The fourth-order valence-corrected chi connectivity index (χ4v) is 4.29. The van der Waals surface area contributed by atoms with E-state index in [0.29, 0.717) is 22.3 Å². The highest BCUT2D eigenvalue weighted by molar-refractivity contribution is 6.11. The molecule has 2 aromatic heterocycles. The van der Waals surface area contributed by atoms with Gasteiger partial charge in [-0.2, -0.15) is 0 Å². The van der Waals surface area contributed by atoms with Crippen molar-refractivity contribution in [3.8, 4) is 11.3 Å². The van der Waals surface area contributed by atoms with Gasteiger partial charge in [-0.1, -0.05) is 19.9 Å². The lowest BCUT2D eigenvalue weighted by molar-refractivity contribution is -0.660. The number of furan rings is 1. The summed E-state index contributed by atoms with van der Waals surface area (Å²) in [5.74, 6) is -0.812. The smallest absolute Gasteiger partial charge is 0.216 e. The lowest BCUT2D eigenvalue weighted by Crippen LogP contribution is -2.32. The maximum absolute atomic E-state index is 14.6. The predicted octanol–water partition coefficient (Wildman–Crippen LogP) is 6.40. The highest BCUT2D eigenvalue weighted by Crippen LogP contribution is 2.40. The Morgan fingerprint density at radius 2 is 1.61 bits per heavy atom. The Morgan fingerprint density at radius 3 is 2.29 bits per heavy atom. The lowest BCUT2D eigenvalue weighted by atomic mass is 9.94. The van der Waals surface area contributed by atoms with Crippen molar-refractivity contribution in [2.45, 2.75) is 40.5 Å². The summed E-state index contributed by atoms with van der Waals surface area (Å²) < 4.78 is 36.5. The topological polar surface area (TPSA) is 17.0 Å². The van der Waals surface area contributed by atoms with Crippen LogP contribution in [-0.2, 0) is 7.05 Å². The van der Waals surface area contributed by atoms with Crippen molar-refractivity contribution < 1.29 is 17.8 Å². The molecule has 0 aliphatic rings. The molecule has 0 bridgehead atoms. The Kier molecular flexibility index (Phi) is 4.25. The third-order valence-electron chi connectivity index (χ3n) is 5.56. The van der Waals surface area contributed by atoms with E-state index in [1.165, 1.54) is 17.2 Å². The molecule has 0 amide bonds. The van der Waals surface area contributed by atoms with E-state index in [1.54, 1.807) is 0 Å². The van der Waals surface area contributed by atoms with Gasteiger partial charge in [0.1, 0.15) is 29.8 Å². The number of hydrogen-bond donors (Lipinski definition) is 0. The molecule has 2 heterocycles. The molecule has 0 N–H and O–H groups in total. The van der Waals surface area contributed by atoms with E-state index >= 15 is 0 Å². The standard InChI is InChI=1S/C24H24F2NO/c1-12(2)17-11-27(6)19(8-13(17)3)21-14(4)7-15(5)22-23-18(26)9-16(25)10-20(23)28-24(21)22/h7-12H,1-6H3/q+1. The van der Waals surface area contributed by atoms with Gasteiger partial charge in [0.2, 0.25) is 5.69 Å². The number of rotatable bonds is 2. The summed E-state index contributed by atoms with van der Waals surface area (Å²) in [6.07, 6.45) is 2.14. The monoisotopic (exact) mass is 380 g/mol. The SMILES string of the molecule is Cc1cc(-c2c(C)cc(C)c3c2oc2cc(F)cc(F)c23)[n+](C)cc1C(C)C. The van der Waals surface area contributed by atoms with E-state index in [2.05, 4.69) is 37.6 Å². The van der Waals surface area contributed by atoms with Crippen LogP contribution in [0.3, 0.4) is 0 Å². The maximum atomic E-state index is 14.6. The first kappa shape index (κ1) is 18.6. The van der Waals surface area contributed by atoms with Gasteiger partial charge >= 0.3 is 0 Å². The molecule has 0 saturated heterocycles. The molecule has 0 saturated carbocycles. The second-order valence-corrected chi connectivity index (χ2v) is 8.01. The molecule has 0 aliphatic carbocycles. The van der Waals surface area contributed by atoms with Gasteiger partial charge < -0.3 is 4.42 Å². The molecule has 4 heteroatoms. The van der Waals surface area contributed by atoms with E-state index < -0.39 is 11.6 Å². The van der Waals surface area contributed by atoms with Crippen molar-refractivity contribution >= 4 is 21.9 Å². The molecule has 28 heavy (non-hydrogen) atoms. The Morgan fingerprint density at radius 1 is 0.893 bits per heavy atom. The number of aromatic nitrogens is 1. The molecule has 0 fully saturated rings. The minimum absolute atomic E-state index is 0.237. The van der Waals surface area contributed by atoms with Crippen molar-refractivity contribution in [2.75, 3.05) is 0 Å². The summed E-state index contributed by atoms with van der Waals surface area (Å²) in [6, 6.07) is 6.36. The zero-order valence-corrected chi connectivity index (χ0v) is 17.1. The predicted molar refractivity (Wildman–Crippen MR) is 109 cm³/mol. The third kappa shape index (κ3) is 2.70.